The number of ether oxygens (including phenoxy) is 4. The number of carboxylic acids is 1. The van der Waals surface area contributed by atoms with Gasteiger partial charge in [-0.2, -0.15) is 4.72 Å². The largest absolute Gasteiger partial charge is 0.491 e. The van der Waals surface area contributed by atoms with Gasteiger partial charge in [0.1, 0.15) is 52.5 Å². The minimum absolute atomic E-state index is 0.0143. The molecule has 5 aliphatic rings. The molecule has 92 heavy (non-hydrogen) atoms. The van der Waals surface area contributed by atoms with Gasteiger partial charge in [0.25, 0.3) is 0 Å². The van der Waals surface area contributed by atoms with Gasteiger partial charge < -0.3 is 55.5 Å². The van der Waals surface area contributed by atoms with Crippen molar-refractivity contribution < 1.29 is 79.9 Å². The summed E-state index contributed by atoms with van der Waals surface area (Å²) in [5.74, 6) is -0.622. The third kappa shape index (κ3) is 23.8. The first-order valence-electron chi connectivity index (χ1n) is 31.4. The fraction of sp³-hybridized carbons (Fsp3) is 0.569. The summed E-state index contributed by atoms with van der Waals surface area (Å²) in [6, 6.07) is 17.3. The number of anilines is 1. The number of benzene rings is 3. The first-order valence-corrected chi connectivity index (χ1v) is 34.8. The maximum atomic E-state index is 12.7. The van der Waals surface area contributed by atoms with E-state index in [4.69, 9.17) is 41.4 Å². The van der Waals surface area contributed by atoms with Gasteiger partial charge in [-0.25, -0.2) is 26.8 Å². The zero-order valence-corrected chi connectivity index (χ0v) is 56.1. The summed E-state index contributed by atoms with van der Waals surface area (Å²) in [5.41, 5.74) is 8.56. The van der Waals surface area contributed by atoms with Crippen molar-refractivity contribution in [3.05, 3.63) is 107 Å². The Bertz CT molecular complexity index is 3250. The highest BCUT2D eigenvalue weighted by atomic mass is 35.5. The lowest BCUT2D eigenvalue weighted by Gasteiger charge is -2.43. The van der Waals surface area contributed by atoms with Gasteiger partial charge in [-0.1, -0.05) is 114 Å². The molecule has 3 aromatic rings. The second-order valence-electron chi connectivity index (χ2n) is 24.2. The lowest BCUT2D eigenvalue weighted by molar-refractivity contribution is -0.162. The molecule has 3 aliphatic heterocycles. The number of aliphatic hydroxyl groups is 2. The highest BCUT2D eigenvalue weighted by molar-refractivity contribution is 7.90. The Labute approximate surface area is 546 Å². The number of likely N-dealkylation sites (tertiary alicyclic amines) is 1. The van der Waals surface area contributed by atoms with Crippen molar-refractivity contribution in [1.29, 1.82) is 0 Å². The number of hydrogen-bond donors (Lipinski definition) is 9. The van der Waals surface area contributed by atoms with Gasteiger partial charge >= 0.3 is 23.9 Å². The number of fused-ring (bicyclic) bond motifs is 2. The molecule has 2 saturated heterocycles. The van der Waals surface area contributed by atoms with Gasteiger partial charge in [0, 0.05) is 31.5 Å². The fourth-order valence-electron chi connectivity index (χ4n) is 11.4. The maximum Gasteiger partial charge on any atom is 0.326 e. The van der Waals surface area contributed by atoms with Crippen molar-refractivity contribution in [1.82, 2.24) is 20.3 Å². The zero-order valence-electron chi connectivity index (χ0n) is 53.8. The molecule has 0 spiro atoms. The van der Waals surface area contributed by atoms with Crippen LogP contribution in [-0.4, -0.2) is 154 Å². The number of nitrogens with one attached hydrogen (secondary N) is 4. The van der Waals surface area contributed by atoms with Crippen molar-refractivity contribution >= 4 is 73.0 Å². The van der Waals surface area contributed by atoms with Gasteiger partial charge in [0.15, 0.2) is 0 Å². The molecular weight excluding hydrogens is 1250 g/mol. The van der Waals surface area contributed by atoms with Gasteiger partial charge in [-0.15, -0.1) is 0 Å². The van der Waals surface area contributed by atoms with Gasteiger partial charge in [0.2, 0.25) is 31.9 Å². The molecule has 3 aromatic carbocycles. The van der Waals surface area contributed by atoms with Gasteiger partial charge in [-0.3, -0.25) is 29.3 Å². The molecule has 0 radical (unpaired) electrons. The molecule has 8 rings (SSSR count). The molecule has 0 aromatic heterocycles. The van der Waals surface area contributed by atoms with Crippen LogP contribution < -0.4 is 36.3 Å². The number of carbonyl (C=O) groups excluding carboxylic acids is 5. The van der Waals surface area contributed by atoms with Crippen LogP contribution in [0.15, 0.2) is 100 Å². The highest BCUT2D eigenvalue weighted by Crippen LogP contribution is 2.45. The number of nitrogens with zero attached hydrogens (tertiary/aromatic N) is 1. The number of primary sulfonamides is 1. The Morgan fingerprint density at radius 2 is 1.65 bits per heavy atom. The number of amides is 2. The van der Waals surface area contributed by atoms with E-state index in [1.165, 1.54) is 16.5 Å². The molecule has 0 saturated carbocycles. The molecular formula is C65H94ClN7O17S2. The van der Waals surface area contributed by atoms with Gasteiger partial charge in [0.05, 0.1) is 54.9 Å². The Hall–Kier alpha value is -6.49. The molecule has 12 atom stereocenters. The predicted octanol–water partition coefficient (Wildman–Crippen LogP) is 5.90. The summed E-state index contributed by atoms with van der Waals surface area (Å²) in [6.45, 7) is 17.2. The molecule has 0 bridgehead atoms. The summed E-state index contributed by atoms with van der Waals surface area (Å²) in [5, 5.41) is 42.6. The quantitative estimate of drug-likeness (QED) is 0.0372. The highest BCUT2D eigenvalue weighted by Gasteiger charge is 2.43. The number of halogens is 1. The Morgan fingerprint density at radius 3 is 2.27 bits per heavy atom. The van der Waals surface area contributed by atoms with Crippen molar-refractivity contribution in [2.24, 2.45) is 40.5 Å². The second-order valence-corrected chi connectivity index (χ2v) is 27.9. The molecule has 2 amide bonds. The van der Waals surface area contributed by atoms with Crippen molar-refractivity contribution in [2.75, 3.05) is 38.3 Å². The first-order chi connectivity index (χ1) is 43.4. The van der Waals surface area contributed by atoms with Crippen LogP contribution in [0.2, 0.25) is 5.02 Å². The van der Waals surface area contributed by atoms with Crippen LogP contribution in [0.4, 0.5) is 5.69 Å². The number of aliphatic carboxylic acids is 1. The van der Waals surface area contributed by atoms with E-state index in [9.17, 15) is 60.9 Å². The van der Waals surface area contributed by atoms with Crippen LogP contribution in [0.25, 0.3) is 0 Å². The third-order valence-electron chi connectivity index (χ3n) is 16.4. The smallest absolute Gasteiger partial charge is 0.326 e. The summed E-state index contributed by atoms with van der Waals surface area (Å²) in [7, 11) is -7.80. The third-order valence-corrected chi connectivity index (χ3v) is 19.2. The standard InChI is InChI=1S/C24H36O5.C20H28N2O5.C14H22N2O3.C7H8ClN3O4S2/c1-5-15(3)24(27)29-21-11-14(2)10-17-7-6-16(4)20(23(17)21)9-8-19-12-18(25)13-22(26)28-19;1-3-27-20(26)16(12-11-15-8-5-4-6-9-15)21-14(2)18(23)22-13-7-10-17(22)19(24)25;1-10(2)16-8-12(17)9-19-13-5-3-11(4-6-13)7-14(15)18;8-4-1-5-7(2-6(4)16(9,12)13)17(14,15)11-3-10-5/h6-7,10,14-16,18-21,23,25H,5,8-9,11-13H2,1-4H3;4-6,8-9,14,16-17,21H,3,7,10-13H2,1-2H3,(H,24,25);3-6,10,12,16-17H,7-9H2,1-2H3,(H2,15,18);1-2,10-11H,3H2,(H2,9,12,13)/t14-,15-,16-,18+,19+,20-,21-,23-;14-,16-,17-;;/m00../s1. The minimum Gasteiger partial charge on any atom is -0.491 e. The fourth-order valence-corrected chi connectivity index (χ4v) is 13.7. The Balaban J connectivity index is 0.000000228. The van der Waals surface area contributed by atoms with Gasteiger partial charge in [-0.05, 0) is 124 Å². The number of esters is 3. The van der Waals surface area contributed by atoms with Crippen LogP contribution in [0.3, 0.4) is 0 Å². The number of nitrogens with two attached hydrogens (primary N) is 2. The van der Waals surface area contributed by atoms with Crippen molar-refractivity contribution in [2.45, 2.75) is 184 Å². The van der Waals surface area contributed by atoms with E-state index in [0.717, 1.165) is 42.9 Å². The molecule has 27 heteroatoms. The Morgan fingerprint density at radius 1 is 0.957 bits per heavy atom. The topological polar surface area (TPSA) is 372 Å². The SMILES string of the molecule is CC(C)NCC(O)COc1ccc(CC(N)=O)cc1.CCOC(=O)[C@H](CCc1ccccc1)N[C@@H](C)C(=O)N1CCC[C@H]1C(=O)O.CC[C@H](C)C(=O)O[C@H]1C[C@@H](C)C=C2C=C[C@H](C)[C@H](CC[C@@H]3C[C@@H](O)CC(=O)O3)[C@H]21.NS(=O)(=O)c1cc2c(cc1Cl)NCNS2(=O)=O. The average Bonchev–Trinajstić information content (AvgIpc) is 0.915. The lowest BCUT2D eigenvalue weighted by Crippen LogP contribution is -2.53. The van der Waals surface area contributed by atoms with E-state index in [1.807, 2.05) is 58.0 Å². The number of rotatable bonds is 24. The molecule has 2 aliphatic carbocycles. The van der Waals surface area contributed by atoms with E-state index in [2.05, 4.69) is 52.7 Å². The minimum atomic E-state index is -4.07. The van der Waals surface area contributed by atoms with Crippen LogP contribution in [-0.2, 0) is 75.9 Å². The predicted molar refractivity (Wildman–Crippen MR) is 347 cm³/mol. The number of primary amides is 1. The molecule has 2 fully saturated rings. The molecule has 510 valence electrons. The zero-order chi connectivity index (χ0) is 68.0. The number of sulfonamides is 2. The molecule has 24 nitrogen and oxygen atoms in total. The monoisotopic (exact) mass is 1340 g/mol. The van der Waals surface area contributed by atoms with E-state index >= 15 is 0 Å². The number of allylic oxidation sites excluding steroid dienone is 3. The average molecular weight is 1350 g/mol. The van der Waals surface area contributed by atoms with E-state index < -0.39 is 67.2 Å². The Kier molecular flexibility index (Phi) is 30.0. The van der Waals surface area contributed by atoms with E-state index in [1.54, 1.807) is 38.1 Å². The maximum absolute atomic E-state index is 12.7. The number of aliphatic hydroxyl groups excluding tert-OH is 2. The molecule has 3 heterocycles. The summed E-state index contributed by atoms with van der Waals surface area (Å²) in [6.07, 6.45) is 11.7. The number of carbonyl (C=O) groups is 6. The number of aryl methyl sites for hydroxylation is 1. The van der Waals surface area contributed by atoms with Crippen molar-refractivity contribution in [3.8, 4) is 5.75 Å². The summed E-state index contributed by atoms with van der Waals surface area (Å²) in [4.78, 5) is 72.1. The molecule has 1 unspecified atom stereocenters. The second kappa shape index (κ2) is 36.2. The van der Waals surface area contributed by atoms with E-state index in [-0.39, 0.29) is 96.1 Å². The van der Waals surface area contributed by atoms with Crippen LogP contribution in [0.5, 0.6) is 5.75 Å². The number of cyclic esters (lactones) is 1. The number of carboxylic acid groups (broad SMARTS) is 1. The first kappa shape index (κ1) is 76.2. The lowest BCUT2D eigenvalue weighted by atomic mass is 9.65. The van der Waals surface area contributed by atoms with Crippen molar-refractivity contribution in [3.63, 3.8) is 0 Å². The van der Waals surface area contributed by atoms with E-state index in [0.29, 0.717) is 74.7 Å². The summed E-state index contributed by atoms with van der Waals surface area (Å²) >= 11 is 5.72. The normalized spacial score (nSPS) is 23.4. The summed E-state index contributed by atoms with van der Waals surface area (Å²) < 4.78 is 70.0. The molecule has 11 N–H and O–H groups in total. The van der Waals surface area contributed by atoms with Crippen LogP contribution in [0.1, 0.15) is 124 Å². The van der Waals surface area contributed by atoms with Crippen LogP contribution in [0, 0.1) is 29.6 Å². The van der Waals surface area contributed by atoms with Crippen LogP contribution >= 0.6 is 11.6 Å². The number of hydrogen-bond acceptors (Lipinski definition) is 19.